The third-order valence-corrected chi connectivity index (χ3v) is 3.72. The van der Waals surface area contributed by atoms with Gasteiger partial charge in [-0.05, 0) is 12.3 Å². The number of aliphatic carboxylic acids is 1. The Hall–Kier alpha value is -1.59. The lowest BCUT2D eigenvalue weighted by Gasteiger charge is -2.12. The minimum atomic E-state index is -1.24. The molecule has 0 aromatic rings. The van der Waals surface area contributed by atoms with Crippen LogP contribution in [-0.2, 0) is 14.4 Å². The Labute approximate surface area is 139 Å². The van der Waals surface area contributed by atoms with Crippen LogP contribution in [0, 0.1) is 5.92 Å². The van der Waals surface area contributed by atoms with Crippen LogP contribution < -0.4 is 11.1 Å². The molecule has 6 nitrogen and oxygen atoms in total. The molecule has 1 atom stereocenters. The second-order valence-electron chi connectivity index (χ2n) is 6.54. The van der Waals surface area contributed by atoms with E-state index in [0.29, 0.717) is 0 Å². The Morgan fingerprint density at radius 3 is 1.96 bits per heavy atom. The van der Waals surface area contributed by atoms with Gasteiger partial charge in [0, 0.05) is 6.42 Å². The first-order valence-electron chi connectivity index (χ1n) is 8.63. The molecule has 0 radical (unpaired) electrons. The highest BCUT2D eigenvalue weighted by atomic mass is 16.4. The number of nitrogens with two attached hydrogens (primary N) is 1. The van der Waals surface area contributed by atoms with Gasteiger partial charge in [0.1, 0.15) is 6.04 Å². The first-order valence-corrected chi connectivity index (χ1v) is 8.63. The quantitative estimate of drug-likeness (QED) is 0.426. The zero-order valence-corrected chi connectivity index (χ0v) is 14.5. The number of primary amides is 1. The fourth-order valence-corrected chi connectivity index (χ4v) is 2.39. The van der Waals surface area contributed by atoms with E-state index in [-0.39, 0.29) is 18.7 Å². The molecule has 0 saturated carbocycles. The van der Waals surface area contributed by atoms with Crippen molar-refractivity contribution >= 4 is 17.8 Å². The van der Waals surface area contributed by atoms with Gasteiger partial charge in [-0.2, -0.15) is 0 Å². The summed E-state index contributed by atoms with van der Waals surface area (Å²) < 4.78 is 0. The van der Waals surface area contributed by atoms with E-state index >= 15 is 0 Å². The van der Waals surface area contributed by atoms with Crippen molar-refractivity contribution in [3.63, 3.8) is 0 Å². The summed E-state index contributed by atoms with van der Waals surface area (Å²) >= 11 is 0. The minimum absolute atomic E-state index is 0.288. The molecule has 0 aliphatic carbocycles. The summed E-state index contributed by atoms with van der Waals surface area (Å²) in [5.41, 5.74) is 4.96. The summed E-state index contributed by atoms with van der Waals surface area (Å²) in [6.45, 7) is 4.48. The number of nitrogens with one attached hydrogen (secondary N) is 1. The van der Waals surface area contributed by atoms with Crippen LogP contribution >= 0.6 is 0 Å². The van der Waals surface area contributed by atoms with Gasteiger partial charge >= 0.3 is 5.97 Å². The Morgan fingerprint density at radius 1 is 0.957 bits per heavy atom. The predicted molar refractivity (Wildman–Crippen MR) is 89.8 cm³/mol. The number of carboxylic acid groups (broad SMARTS) is 1. The molecule has 0 spiro atoms. The van der Waals surface area contributed by atoms with Crippen molar-refractivity contribution in [1.29, 1.82) is 0 Å². The first-order chi connectivity index (χ1) is 10.8. The molecule has 0 aromatic heterocycles. The number of unbranched alkanes of at least 4 members (excludes halogenated alkanes) is 6. The number of amides is 2. The monoisotopic (exact) mass is 328 g/mol. The molecular weight excluding hydrogens is 296 g/mol. The number of rotatable bonds is 14. The minimum Gasteiger partial charge on any atom is -0.480 e. The SMILES string of the molecule is CC(C)CCCCCCCCCC(=O)NC(CC(N)=O)C(=O)O. The van der Waals surface area contributed by atoms with E-state index in [1.54, 1.807) is 0 Å². The third-order valence-electron chi connectivity index (χ3n) is 3.72. The number of carbonyl (C=O) groups is 3. The van der Waals surface area contributed by atoms with Crippen molar-refractivity contribution in [2.24, 2.45) is 11.7 Å². The van der Waals surface area contributed by atoms with Gasteiger partial charge in [0.15, 0.2) is 0 Å². The Balaban J connectivity index is 3.62. The van der Waals surface area contributed by atoms with Gasteiger partial charge in [-0.1, -0.05) is 58.8 Å². The lowest BCUT2D eigenvalue weighted by atomic mass is 10.0. The Bertz CT molecular complexity index is 370. The molecule has 0 aliphatic heterocycles. The van der Waals surface area contributed by atoms with Gasteiger partial charge in [0.2, 0.25) is 11.8 Å². The van der Waals surface area contributed by atoms with E-state index in [0.717, 1.165) is 25.2 Å². The largest absolute Gasteiger partial charge is 0.480 e. The lowest BCUT2D eigenvalue weighted by Crippen LogP contribution is -2.43. The van der Waals surface area contributed by atoms with Crippen LogP contribution in [0.3, 0.4) is 0 Å². The third kappa shape index (κ3) is 13.8. The van der Waals surface area contributed by atoms with Crippen LogP contribution in [0.15, 0.2) is 0 Å². The average Bonchev–Trinajstić information content (AvgIpc) is 2.43. The van der Waals surface area contributed by atoms with Crippen molar-refractivity contribution < 1.29 is 19.5 Å². The lowest BCUT2D eigenvalue weighted by molar-refractivity contribution is -0.143. The molecule has 23 heavy (non-hydrogen) atoms. The van der Waals surface area contributed by atoms with E-state index in [9.17, 15) is 14.4 Å². The molecule has 4 N–H and O–H groups in total. The van der Waals surface area contributed by atoms with Crippen molar-refractivity contribution in [1.82, 2.24) is 5.32 Å². The summed E-state index contributed by atoms with van der Waals surface area (Å²) in [6, 6.07) is -1.22. The van der Waals surface area contributed by atoms with Crippen LogP contribution in [0.1, 0.15) is 78.1 Å². The maximum absolute atomic E-state index is 11.7. The summed E-state index contributed by atoms with van der Waals surface area (Å²) in [5, 5.41) is 11.2. The van der Waals surface area contributed by atoms with Crippen LogP contribution in [-0.4, -0.2) is 28.9 Å². The average molecular weight is 328 g/mol. The molecule has 6 heteroatoms. The topological polar surface area (TPSA) is 109 Å². The second-order valence-corrected chi connectivity index (χ2v) is 6.54. The van der Waals surface area contributed by atoms with Crippen molar-refractivity contribution in [2.45, 2.75) is 84.1 Å². The number of carboxylic acids is 1. The molecule has 0 saturated heterocycles. The molecule has 134 valence electrons. The highest BCUT2D eigenvalue weighted by Crippen LogP contribution is 2.12. The Morgan fingerprint density at radius 2 is 1.48 bits per heavy atom. The molecule has 0 bridgehead atoms. The van der Waals surface area contributed by atoms with Crippen LogP contribution in [0.4, 0.5) is 0 Å². The molecule has 1 unspecified atom stereocenters. The summed E-state index contributed by atoms with van der Waals surface area (Å²) in [7, 11) is 0. The molecule has 0 aromatic carbocycles. The van der Waals surface area contributed by atoms with Crippen LogP contribution in [0.2, 0.25) is 0 Å². The van der Waals surface area contributed by atoms with Gasteiger partial charge in [0.25, 0.3) is 0 Å². The van der Waals surface area contributed by atoms with Gasteiger partial charge in [-0.15, -0.1) is 0 Å². The van der Waals surface area contributed by atoms with E-state index in [4.69, 9.17) is 10.8 Å². The maximum atomic E-state index is 11.7. The Kier molecular flexibility index (Phi) is 12.0. The van der Waals surface area contributed by atoms with Crippen LogP contribution in [0.5, 0.6) is 0 Å². The molecule has 0 rings (SSSR count). The number of carbonyl (C=O) groups excluding carboxylic acids is 2. The smallest absolute Gasteiger partial charge is 0.326 e. The number of hydrogen-bond donors (Lipinski definition) is 3. The van der Waals surface area contributed by atoms with E-state index in [1.165, 1.54) is 32.1 Å². The standard InChI is InChI=1S/C17H32N2O4/c1-13(2)10-8-6-4-3-5-7-9-11-16(21)19-14(17(22)23)12-15(18)20/h13-14H,3-12H2,1-2H3,(H2,18,20)(H,19,21)(H,22,23). The second kappa shape index (κ2) is 12.9. The van der Waals surface area contributed by atoms with Gasteiger partial charge < -0.3 is 16.2 Å². The highest BCUT2D eigenvalue weighted by molar-refractivity contribution is 5.88. The van der Waals surface area contributed by atoms with E-state index in [1.807, 2.05) is 0 Å². The molecule has 0 aliphatic rings. The first kappa shape index (κ1) is 21.4. The molecule has 2 amide bonds. The van der Waals surface area contributed by atoms with Gasteiger partial charge in [0.05, 0.1) is 6.42 Å². The highest BCUT2D eigenvalue weighted by Gasteiger charge is 2.21. The van der Waals surface area contributed by atoms with Gasteiger partial charge in [-0.3, -0.25) is 9.59 Å². The van der Waals surface area contributed by atoms with Crippen LogP contribution in [0.25, 0.3) is 0 Å². The van der Waals surface area contributed by atoms with E-state index in [2.05, 4.69) is 19.2 Å². The number of hydrogen-bond acceptors (Lipinski definition) is 3. The maximum Gasteiger partial charge on any atom is 0.326 e. The summed E-state index contributed by atoms with van der Waals surface area (Å²) in [5.74, 6) is -1.54. The molecule has 0 fully saturated rings. The zero-order chi connectivity index (χ0) is 17.7. The van der Waals surface area contributed by atoms with E-state index < -0.39 is 17.9 Å². The van der Waals surface area contributed by atoms with Gasteiger partial charge in [-0.25, -0.2) is 4.79 Å². The zero-order valence-electron chi connectivity index (χ0n) is 14.5. The fraction of sp³-hybridized carbons (Fsp3) is 0.824. The fourth-order valence-electron chi connectivity index (χ4n) is 2.39. The molecular formula is C17H32N2O4. The normalized spacial score (nSPS) is 12.1. The van der Waals surface area contributed by atoms with Crippen molar-refractivity contribution in [3.05, 3.63) is 0 Å². The van der Waals surface area contributed by atoms with Crippen molar-refractivity contribution in [2.75, 3.05) is 0 Å². The van der Waals surface area contributed by atoms with Crippen molar-refractivity contribution in [3.8, 4) is 0 Å². The molecule has 0 heterocycles. The summed E-state index contributed by atoms with van der Waals surface area (Å²) in [6.07, 6.45) is 8.97. The summed E-state index contributed by atoms with van der Waals surface area (Å²) in [4.78, 5) is 33.3. The predicted octanol–water partition coefficient (Wildman–Crippen LogP) is 2.60.